The van der Waals surface area contributed by atoms with Crippen LogP contribution in [0.2, 0.25) is 5.02 Å². The summed E-state index contributed by atoms with van der Waals surface area (Å²) in [7, 11) is 0. The SMILES string of the molecule is Nc1nn(-c2cccc(Cl)c2F)c2c1CCCC2. The molecular weight excluding hydrogens is 253 g/mol. The van der Waals surface area contributed by atoms with Crippen molar-refractivity contribution in [1.29, 1.82) is 0 Å². The lowest BCUT2D eigenvalue weighted by Crippen LogP contribution is -2.09. The van der Waals surface area contributed by atoms with Gasteiger partial charge in [0.25, 0.3) is 0 Å². The molecule has 1 heterocycles. The van der Waals surface area contributed by atoms with Crippen molar-refractivity contribution in [2.45, 2.75) is 25.7 Å². The number of benzene rings is 1. The molecule has 0 spiro atoms. The molecule has 2 aromatic rings. The van der Waals surface area contributed by atoms with E-state index < -0.39 is 5.82 Å². The topological polar surface area (TPSA) is 43.8 Å². The zero-order valence-electron chi connectivity index (χ0n) is 9.79. The van der Waals surface area contributed by atoms with Gasteiger partial charge in [0.2, 0.25) is 0 Å². The van der Waals surface area contributed by atoms with Crippen molar-refractivity contribution in [3.05, 3.63) is 40.3 Å². The molecule has 5 heteroatoms. The molecule has 94 valence electrons. The van der Waals surface area contributed by atoms with E-state index in [2.05, 4.69) is 5.10 Å². The highest BCUT2D eigenvalue weighted by molar-refractivity contribution is 6.30. The van der Waals surface area contributed by atoms with E-state index in [1.807, 2.05) is 0 Å². The summed E-state index contributed by atoms with van der Waals surface area (Å²) in [6.07, 6.45) is 4.00. The van der Waals surface area contributed by atoms with Crippen LogP contribution in [-0.2, 0) is 12.8 Å². The van der Waals surface area contributed by atoms with Crippen LogP contribution >= 0.6 is 11.6 Å². The number of nitrogens with two attached hydrogens (primary N) is 1. The van der Waals surface area contributed by atoms with Crippen LogP contribution in [0.1, 0.15) is 24.1 Å². The third-order valence-corrected chi connectivity index (χ3v) is 3.66. The standard InChI is InChI=1S/C13H13ClFN3/c14-9-5-3-7-11(12(9)15)18-10-6-2-1-4-8(10)13(16)17-18/h3,5,7H,1-2,4,6H2,(H2,16,17). The Hall–Kier alpha value is -1.55. The Kier molecular flexibility index (Phi) is 2.74. The van der Waals surface area contributed by atoms with Crippen LogP contribution in [-0.4, -0.2) is 9.78 Å². The van der Waals surface area contributed by atoms with Gasteiger partial charge >= 0.3 is 0 Å². The van der Waals surface area contributed by atoms with Crippen molar-refractivity contribution >= 4 is 17.4 Å². The Balaban J connectivity index is 2.20. The minimum atomic E-state index is -0.449. The number of halogens is 2. The molecule has 0 bridgehead atoms. The van der Waals surface area contributed by atoms with Gasteiger partial charge in [-0.05, 0) is 37.8 Å². The Bertz CT molecular complexity index is 607. The summed E-state index contributed by atoms with van der Waals surface area (Å²) in [6, 6.07) is 4.91. The molecule has 0 fully saturated rings. The van der Waals surface area contributed by atoms with Crippen LogP contribution in [0.4, 0.5) is 10.2 Å². The van der Waals surface area contributed by atoms with E-state index in [1.54, 1.807) is 16.8 Å². The van der Waals surface area contributed by atoms with Gasteiger partial charge in [0, 0.05) is 11.3 Å². The van der Waals surface area contributed by atoms with Gasteiger partial charge in [0.1, 0.15) is 11.5 Å². The number of aromatic nitrogens is 2. The van der Waals surface area contributed by atoms with E-state index >= 15 is 0 Å². The molecule has 1 aromatic carbocycles. The summed E-state index contributed by atoms with van der Waals surface area (Å²) < 4.78 is 15.6. The van der Waals surface area contributed by atoms with Gasteiger partial charge in [-0.15, -0.1) is 0 Å². The minimum Gasteiger partial charge on any atom is -0.382 e. The Morgan fingerprint density at radius 1 is 1.28 bits per heavy atom. The van der Waals surface area contributed by atoms with Gasteiger partial charge in [0.15, 0.2) is 5.82 Å². The van der Waals surface area contributed by atoms with Crippen molar-refractivity contribution in [2.24, 2.45) is 0 Å². The zero-order chi connectivity index (χ0) is 12.7. The maximum atomic E-state index is 14.0. The number of hydrogen-bond donors (Lipinski definition) is 1. The van der Waals surface area contributed by atoms with Gasteiger partial charge in [-0.3, -0.25) is 0 Å². The highest BCUT2D eigenvalue weighted by Gasteiger charge is 2.21. The summed E-state index contributed by atoms with van der Waals surface area (Å²) in [4.78, 5) is 0. The largest absolute Gasteiger partial charge is 0.382 e. The van der Waals surface area contributed by atoms with Gasteiger partial charge in [0.05, 0.1) is 5.02 Å². The Labute approximate surface area is 109 Å². The fraction of sp³-hybridized carbons (Fsp3) is 0.308. The molecule has 3 nitrogen and oxygen atoms in total. The number of fused-ring (bicyclic) bond motifs is 1. The molecule has 0 unspecified atom stereocenters. The number of nitrogen functional groups attached to an aromatic ring is 1. The summed E-state index contributed by atoms with van der Waals surface area (Å²) in [5, 5.41) is 4.36. The van der Waals surface area contributed by atoms with Crippen LogP contribution in [0.15, 0.2) is 18.2 Å². The van der Waals surface area contributed by atoms with Crippen LogP contribution < -0.4 is 5.73 Å². The normalized spacial score (nSPS) is 14.6. The fourth-order valence-electron chi connectivity index (χ4n) is 2.48. The predicted molar refractivity (Wildman–Crippen MR) is 69.6 cm³/mol. The second-order valence-electron chi connectivity index (χ2n) is 4.50. The van der Waals surface area contributed by atoms with Crippen LogP contribution in [0, 0.1) is 5.82 Å². The van der Waals surface area contributed by atoms with Crippen molar-refractivity contribution in [3.8, 4) is 5.69 Å². The summed E-state index contributed by atoms with van der Waals surface area (Å²) in [5.41, 5.74) is 8.34. The summed E-state index contributed by atoms with van der Waals surface area (Å²) in [6.45, 7) is 0. The molecule has 1 aliphatic carbocycles. The molecule has 3 rings (SSSR count). The van der Waals surface area contributed by atoms with Crippen LogP contribution in [0.25, 0.3) is 5.69 Å². The first-order valence-electron chi connectivity index (χ1n) is 5.99. The highest BCUT2D eigenvalue weighted by Crippen LogP contribution is 2.30. The first-order chi connectivity index (χ1) is 8.68. The molecule has 0 radical (unpaired) electrons. The van der Waals surface area contributed by atoms with Crippen molar-refractivity contribution in [2.75, 3.05) is 5.73 Å². The van der Waals surface area contributed by atoms with E-state index in [4.69, 9.17) is 17.3 Å². The lowest BCUT2D eigenvalue weighted by atomic mass is 9.97. The molecule has 0 saturated carbocycles. The maximum Gasteiger partial charge on any atom is 0.167 e. The van der Waals surface area contributed by atoms with Gasteiger partial charge in [-0.2, -0.15) is 5.10 Å². The van der Waals surface area contributed by atoms with Gasteiger partial charge in [-0.25, -0.2) is 9.07 Å². The van der Waals surface area contributed by atoms with E-state index in [-0.39, 0.29) is 5.02 Å². The molecular formula is C13H13ClFN3. The molecule has 0 aliphatic heterocycles. The summed E-state index contributed by atoms with van der Waals surface area (Å²) in [5.74, 6) is 0.0547. The molecule has 0 atom stereocenters. The zero-order valence-corrected chi connectivity index (χ0v) is 10.5. The summed E-state index contributed by atoms with van der Waals surface area (Å²) >= 11 is 5.81. The number of anilines is 1. The average molecular weight is 266 g/mol. The first-order valence-corrected chi connectivity index (χ1v) is 6.37. The van der Waals surface area contributed by atoms with Crippen molar-refractivity contribution < 1.29 is 4.39 Å². The molecule has 2 N–H and O–H groups in total. The predicted octanol–water partition coefficient (Wildman–Crippen LogP) is 3.13. The molecule has 1 aliphatic rings. The van der Waals surface area contributed by atoms with Crippen molar-refractivity contribution in [1.82, 2.24) is 9.78 Å². The van der Waals surface area contributed by atoms with Crippen LogP contribution in [0.5, 0.6) is 0 Å². The molecule has 1 aromatic heterocycles. The third-order valence-electron chi connectivity index (χ3n) is 3.37. The lowest BCUT2D eigenvalue weighted by molar-refractivity contribution is 0.597. The highest BCUT2D eigenvalue weighted by atomic mass is 35.5. The molecule has 0 saturated heterocycles. The Morgan fingerprint density at radius 2 is 2.06 bits per heavy atom. The van der Waals surface area contributed by atoms with Gasteiger partial charge in [-0.1, -0.05) is 17.7 Å². The smallest absolute Gasteiger partial charge is 0.167 e. The molecule has 0 amide bonds. The van der Waals surface area contributed by atoms with E-state index in [0.717, 1.165) is 36.9 Å². The monoisotopic (exact) mass is 265 g/mol. The quantitative estimate of drug-likeness (QED) is 0.861. The van der Waals surface area contributed by atoms with E-state index in [0.29, 0.717) is 11.5 Å². The third kappa shape index (κ3) is 1.68. The second-order valence-corrected chi connectivity index (χ2v) is 4.91. The minimum absolute atomic E-state index is 0.103. The van der Waals surface area contributed by atoms with E-state index in [9.17, 15) is 4.39 Å². The Morgan fingerprint density at radius 3 is 2.89 bits per heavy atom. The lowest BCUT2D eigenvalue weighted by Gasteiger charge is -2.14. The van der Waals surface area contributed by atoms with Crippen LogP contribution in [0.3, 0.4) is 0 Å². The molecule has 18 heavy (non-hydrogen) atoms. The van der Waals surface area contributed by atoms with Gasteiger partial charge < -0.3 is 5.73 Å². The maximum absolute atomic E-state index is 14.0. The number of hydrogen-bond acceptors (Lipinski definition) is 2. The fourth-order valence-corrected chi connectivity index (χ4v) is 2.65. The average Bonchev–Trinajstić information content (AvgIpc) is 2.71. The number of nitrogens with zero attached hydrogens (tertiary/aromatic N) is 2. The van der Waals surface area contributed by atoms with Crippen molar-refractivity contribution in [3.63, 3.8) is 0 Å². The van der Waals surface area contributed by atoms with E-state index in [1.165, 1.54) is 6.07 Å². The first kappa shape index (κ1) is 11.5. The second kappa shape index (κ2) is 4.28. The number of rotatable bonds is 1.